The zero-order valence-corrected chi connectivity index (χ0v) is 33.3. The van der Waals surface area contributed by atoms with Gasteiger partial charge in [0.2, 0.25) is 17.3 Å². The van der Waals surface area contributed by atoms with Crippen molar-refractivity contribution in [2.45, 2.75) is 79.1 Å². The number of hydrogen-bond donors (Lipinski definition) is 6. The van der Waals surface area contributed by atoms with Crippen LogP contribution in [0.1, 0.15) is 62.3 Å². The minimum atomic E-state index is -0.913. The third kappa shape index (κ3) is 12.8. The molecule has 6 N–H and O–H groups in total. The van der Waals surface area contributed by atoms with Crippen molar-refractivity contribution in [3.05, 3.63) is 108 Å². The highest BCUT2D eigenvalue weighted by atomic mass is 16.6. The third-order valence-electron chi connectivity index (χ3n) is 7.27. The second-order valence-corrected chi connectivity index (χ2v) is 15.6. The molecule has 0 aromatic heterocycles. The van der Waals surface area contributed by atoms with Crippen molar-refractivity contribution in [3.8, 4) is 0 Å². The molecule has 0 atom stereocenters. The number of ketones is 3. The molecule has 1 aliphatic carbocycles. The number of rotatable bonds is 9. The fraction of sp³-hybridized carbons (Fsp3) is 0.286. The number of Topliss-reactive ketones (excluding diaryl/α,β-unsaturated/α-hetero) is 3. The fourth-order valence-electron chi connectivity index (χ4n) is 4.98. The Bertz CT molecular complexity index is 1890. The van der Waals surface area contributed by atoms with Crippen LogP contribution in [0.25, 0.3) is 0 Å². The van der Waals surface area contributed by atoms with Gasteiger partial charge in [0.25, 0.3) is 0 Å². The summed E-state index contributed by atoms with van der Waals surface area (Å²) in [5.41, 5.74) is -1.76. The Morgan fingerprint density at radius 3 is 0.825 bits per heavy atom. The highest BCUT2D eigenvalue weighted by Gasteiger charge is 2.39. The van der Waals surface area contributed by atoms with Crippen molar-refractivity contribution in [2.75, 3.05) is 31.9 Å². The van der Waals surface area contributed by atoms with E-state index in [0.717, 1.165) is 18.6 Å². The van der Waals surface area contributed by atoms with Crippen LogP contribution >= 0.6 is 0 Å². The first-order chi connectivity index (χ1) is 26.6. The largest absolute Gasteiger partial charge is 0.444 e. The molecule has 0 spiro atoms. The molecule has 3 amide bonds. The normalized spacial score (nSPS) is 13.2. The van der Waals surface area contributed by atoms with Gasteiger partial charge in [-0.2, -0.15) is 0 Å². The number of nitrogens with one attached hydrogen (secondary N) is 6. The molecule has 15 heteroatoms. The van der Waals surface area contributed by atoms with Gasteiger partial charge in [0.05, 0.1) is 50.8 Å². The van der Waals surface area contributed by atoms with Crippen molar-refractivity contribution >= 4 is 69.8 Å². The Labute approximate surface area is 331 Å². The molecule has 4 rings (SSSR count). The minimum Gasteiger partial charge on any atom is -0.444 e. The predicted octanol–water partition coefficient (Wildman–Crippen LogP) is 8.74. The lowest BCUT2D eigenvalue weighted by atomic mass is 9.84. The molecule has 3 aromatic carbocycles. The van der Waals surface area contributed by atoms with E-state index >= 15 is 0 Å². The molecule has 0 bridgehead atoms. The molecule has 1 aliphatic rings. The summed E-state index contributed by atoms with van der Waals surface area (Å²) in [7, 11) is 0. The molecule has 0 radical (unpaired) electrons. The highest BCUT2D eigenvalue weighted by molar-refractivity contribution is 6.51. The van der Waals surface area contributed by atoms with E-state index in [1.54, 1.807) is 135 Å². The van der Waals surface area contributed by atoms with E-state index < -0.39 is 69.2 Å². The van der Waals surface area contributed by atoms with E-state index in [0.29, 0.717) is 17.1 Å². The van der Waals surface area contributed by atoms with Crippen LogP contribution in [-0.4, -0.2) is 52.4 Å². The molecular formula is C42H48N6O9. The van der Waals surface area contributed by atoms with Gasteiger partial charge in [-0.1, -0.05) is 36.4 Å². The second-order valence-electron chi connectivity index (χ2n) is 15.6. The van der Waals surface area contributed by atoms with E-state index in [1.165, 1.54) is 0 Å². The molecule has 57 heavy (non-hydrogen) atoms. The smallest absolute Gasteiger partial charge is 0.412 e. The first kappa shape index (κ1) is 42.8. The van der Waals surface area contributed by atoms with Crippen LogP contribution in [0.5, 0.6) is 0 Å². The van der Waals surface area contributed by atoms with Crippen molar-refractivity contribution in [2.24, 2.45) is 0 Å². The fourth-order valence-corrected chi connectivity index (χ4v) is 4.98. The van der Waals surface area contributed by atoms with E-state index in [1.807, 2.05) is 0 Å². The molecule has 15 nitrogen and oxygen atoms in total. The lowest BCUT2D eigenvalue weighted by molar-refractivity contribution is -0.124. The number of anilines is 6. The summed E-state index contributed by atoms with van der Waals surface area (Å²) in [6, 6.07) is 19.6. The SMILES string of the molecule is CC(C)(C)OC(=O)Nc1ccccc1NC=C1C(=O)C(=CNc2ccccc2NC(=O)OC(C)(C)C)C(=O)C(=CNc2ccccc2NC(=O)OC(C)(C)C)C1=O. The summed E-state index contributed by atoms with van der Waals surface area (Å²) in [6.45, 7) is 15.5. The average molecular weight is 781 g/mol. The van der Waals surface area contributed by atoms with Crippen molar-refractivity contribution in [1.82, 2.24) is 0 Å². The Kier molecular flexibility index (Phi) is 13.3. The molecule has 0 aliphatic heterocycles. The third-order valence-corrected chi connectivity index (χ3v) is 7.27. The number of hydrogen-bond acceptors (Lipinski definition) is 12. The van der Waals surface area contributed by atoms with Gasteiger partial charge in [-0.15, -0.1) is 0 Å². The van der Waals surface area contributed by atoms with E-state index in [-0.39, 0.29) is 17.1 Å². The van der Waals surface area contributed by atoms with Gasteiger partial charge in [-0.25, -0.2) is 14.4 Å². The summed E-state index contributed by atoms with van der Waals surface area (Å²) in [6.07, 6.45) is 1.25. The Balaban J connectivity index is 1.73. The van der Waals surface area contributed by atoms with Crippen LogP contribution in [0, 0.1) is 0 Å². The van der Waals surface area contributed by atoms with Crippen LogP contribution in [0.4, 0.5) is 48.5 Å². The lowest BCUT2D eigenvalue weighted by Gasteiger charge is -2.21. The monoisotopic (exact) mass is 780 g/mol. The molecule has 0 heterocycles. The number of para-hydroxylation sites is 6. The molecule has 300 valence electrons. The standard InChI is InChI=1S/C42H48N6O9/c1-40(2,3)55-37(52)46-31-19-13-10-16-28(31)43-22-25-34(49)26(23-44-29-17-11-14-20-32(29)47-38(53)56-41(4,5)6)36(51)27(35(25)50)24-45-30-18-12-15-21-33(30)48-39(54)57-42(7,8)9/h10-24,43-45H,1-9H3,(H,46,52)(H,47,53)(H,48,54). The Morgan fingerprint density at radius 2 is 0.614 bits per heavy atom. The van der Waals surface area contributed by atoms with Crippen LogP contribution in [0.3, 0.4) is 0 Å². The zero-order valence-electron chi connectivity index (χ0n) is 33.3. The van der Waals surface area contributed by atoms with Crippen LogP contribution < -0.4 is 31.9 Å². The number of benzene rings is 3. The first-order valence-corrected chi connectivity index (χ1v) is 17.9. The lowest BCUT2D eigenvalue weighted by Crippen LogP contribution is -2.33. The van der Waals surface area contributed by atoms with Crippen LogP contribution in [0.15, 0.2) is 108 Å². The van der Waals surface area contributed by atoms with Gasteiger partial charge in [0, 0.05) is 18.6 Å². The van der Waals surface area contributed by atoms with Crippen LogP contribution in [0.2, 0.25) is 0 Å². The summed E-state index contributed by atoms with van der Waals surface area (Å²) < 4.78 is 16.1. The summed E-state index contributed by atoms with van der Waals surface area (Å²) in [4.78, 5) is 79.7. The average Bonchev–Trinajstić information content (AvgIpc) is 3.07. The maximum atomic E-state index is 14.0. The molecule has 0 unspecified atom stereocenters. The van der Waals surface area contributed by atoms with Gasteiger partial charge in [0.15, 0.2) is 0 Å². The Hall–Kier alpha value is -6.90. The first-order valence-electron chi connectivity index (χ1n) is 17.9. The number of ether oxygens (including phenoxy) is 3. The van der Waals surface area contributed by atoms with Crippen LogP contribution in [-0.2, 0) is 28.6 Å². The van der Waals surface area contributed by atoms with Crippen molar-refractivity contribution < 1.29 is 43.0 Å². The molecule has 0 saturated heterocycles. The van der Waals surface area contributed by atoms with Gasteiger partial charge < -0.3 is 30.2 Å². The molecule has 3 aromatic rings. The summed E-state index contributed by atoms with van der Waals surface area (Å²) in [5.74, 6) is -2.74. The second kappa shape index (κ2) is 17.7. The number of carbonyl (C=O) groups excluding carboxylic acids is 6. The minimum absolute atomic E-state index is 0.286. The number of carbonyl (C=O) groups is 6. The topological polar surface area (TPSA) is 202 Å². The van der Waals surface area contributed by atoms with E-state index in [4.69, 9.17) is 14.2 Å². The highest BCUT2D eigenvalue weighted by Crippen LogP contribution is 2.29. The Morgan fingerprint density at radius 1 is 0.404 bits per heavy atom. The molecule has 1 saturated carbocycles. The van der Waals surface area contributed by atoms with Crippen molar-refractivity contribution in [1.29, 1.82) is 0 Å². The van der Waals surface area contributed by atoms with Gasteiger partial charge in [-0.3, -0.25) is 30.3 Å². The molecule has 1 fully saturated rings. The predicted molar refractivity (Wildman–Crippen MR) is 219 cm³/mol. The maximum absolute atomic E-state index is 14.0. The molecular weight excluding hydrogens is 732 g/mol. The van der Waals surface area contributed by atoms with Crippen molar-refractivity contribution in [3.63, 3.8) is 0 Å². The summed E-state index contributed by atoms with van der Waals surface area (Å²) >= 11 is 0. The van der Waals surface area contributed by atoms with E-state index in [9.17, 15) is 28.8 Å². The van der Waals surface area contributed by atoms with Gasteiger partial charge >= 0.3 is 18.3 Å². The quantitative estimate of drug-likeness (QED) is 0.0686. The maximum Gasteiger partial charge on any atom is 0.412 e. The zero-order chi connectivity index (χ0) is 42.1. The summed E-state index contributed by atoms with van der Waals surface area (Å²) in [5, 5.41) is 16.7. The van der Waals surface area contributed by atoms with Gasteiger partial charge in [0.1, 0.15) is 16.8 Å². The number of amides is 3. The van der Waals surface area contributed by atoms with Gasteiger partial charge in [-0.05, 0) is 98.7 Å². The van der Waals surface area contributed by atoms with E-state index in [2.05, 4.69) is 31.9 Å². The number of allylic oxidation sites excluding steroid dienone is 3.